The number of hydrogen-bond acceptors (Lipinski definition) is 6. The average Bonchev–Trinajstić information content (AvgIpc) is 2.94. The van der Waals surface area contributed by atoms with E-state index in [2.05, 4.69) is 11.0 Å². The number of pyridine rings is 1. The van der Waals surface area contributed by atoms with Crippen molar-refractivity contribution in [2.75, 3.05) is 36.0 Å². The first kappa shape index (κ1) is 17.0. The number of aliphatic hydroxyl groups is 2. The van der Waals surface area contributed by atoms with Crippen LogP contribution in [-0.4, -0.2) is 53.6 Å². The lowest BCUT2D eigenvalue weighted by atomic mass is 9.90. The fourth-order valence-electron chi connectivity index (χ4n) is 3.51. The lowest BCUT2D eigenvalue weighted by Crippen LogP contribution is -2.27. The van der Waals surface area contributed by atoms with Gasteiger partial charge in [0.15, 0.2) is 0 Å². The zero-order valence-corrected chi connectivity index (χ0v) is 14.8. The van der Waals surface area contributed by atoms with Gasteiger partial charge in [-0.2, -0.15) is 5.26 Å². The largest absolute Gasteiger partial charge is 0.391 e. The van der Waals surface area contributed by atoms with Gasteiger partial charge in [-0.3, -0.25) is 0 Å². The Morgan fingerprint density at radius 2 is 1.58 bits per heavy atom. The fourth-order valence-corrected chi connectivity index (χ4v) is 3.51. The maximum Gasteiger partial charge on any atom is 0.149 e. The Morgan fingerprint density at radius 3 is 2.04 bits per heavy atom. The SMILES string of the molecule is CC1(C)CN(c2ccc(C#N)c(N3CC(O)C(C)(C)C3)n2)CC1O. The highest BCUT2D eigenvalue weighted by Gasteiger charge is 2.41. The van der Waals surface area contributed by atoms with Gasteiger partial charge in [-0.05, 0) is 12.1 Å². The molecule has 0 aromatic carbocycles. The number of nitrogens with zero attached hydrogens (tertiary/aromatic N) is 4. The number of nitriles is 1. The fraction of sp³-hybridized carbons (Fsp3) is 0.667. The van der Waals surface area contributed by atoms with Gasteiger partial charge in [-0.25, -0.2) is 4.98 Å². The Labute approximate surface area is 143 Å². The Balaban J connectivity index is 1.92. The van der Waals surface area contributed by atoms with E-state index in [1.54, 1.807) is 6.07 Å². The van der Waals surface area contributed by atoms with Gasteiger partial charge in [0.2, 0.25) is 0 Å². The summed E-state index contributed by atoms with van der Waals surface area (Å²) in [5.74, 6) is 1.40. The van der Waals surface area contributed by atoms with E-state index in [0.717, 1.165) is 12.4 Å². The van der Waals surface area contributed by atoms with E-state index < -0.39 is 12.2 Å². The van der Waals surface area contributed by atoms with Crippen molar-refractivity contribution in [1.29, 1.82) is 5.26 Å². The highest BCUT2D eigenvalue weighted by Crippen LogP contribution is 2.36. The molecule has 0 spiro atoms. The van der Waals surface area contributed by atoms with Gasteiger partial charge in [0.05, 0.1) is 17.8 Å². The monoisotopic (exact) mass is 330 g/mol. The van der Waals surface area contributed by atoms with Crippen LogP contribution < -0.4 is 9.80 Å². The molecule has 0 saturated carbocycles. The molecule has 2 aliphatic heterocycles. The molecule has 1 aromatic rings. The Hall–Kier alpha value is -1.84. The summed E-state index contributed by atoms with van der Waals surface area (Å²) in [5, 5.41) is 29.9. The van der Waals surface area contributed by atoms with Crippen LogP contribution in [0.4, 0.5) is 11.6 Å². The van der Waals surface area contributed by atoms with Crippen molar-refractivity contribution in [3.05, 3.63) is 17.7 Å². The zero-order valence-electron chi connectivity index (χ0n) is 14.8. The summed E-state index contributed by atoms with van der Waals surface area (Å²) in [6, 6.07) is 5.83. The molecule has 3 heterocycles. The minimum atomic E-state index is -0.443. The average molecular weight is 330 g/mol. The van der Waals surface area contributed by atoms with E-state index in [0.29, 0.717) is 31.0 Å². The first-order chi connectivity index (χ1) is 11.1. The van der Waals surface area contributed by atoms with Crippen LogP contribution in [0.1, 0.15) is 33.3 Å². The van der Waals surface area contributed by atoms with Gasteiger partial charge >= 0.3 is 0 Å². The number of aliphatic hydroxyl groups excluding tert-OH is 2. The van der Waals surface area contributed by atoms with E-state index in [9.17, 15) is 15.5 Å². The predicted molar refractivity (Wildman–Crippen MR) is 93.0 cm³/mol. The Morgan fingerprint density at radius 1 is 1.04 bits per heavy atom. The van der Waals surface area contributed by atoms with Crippen molar-refractivity contribution in [2.45, 2.75) is 39.9 Å². The predicted octanol–water partition coefficient (Wildman–Crippen LogP) is 1.37. The second-order valence-electron chi connectivity index (χ2n) is 8.42. The van der Waals surface area contributed by atoms with Crippen molar-refractivity contribution in [3.63, 3.8) is 0 Å². The molecule has 0 amide bonds. The topological polar surface area (TPSA) is 83.6 Å². The van der Waals surface area contributed by atoms with Gasteiger partial charge in [0.25, 0.3) is 0 Å². The molecule has 24 heavy (non-hydrogen) atoms. The molecule has 0 bridgehead atoms. The van der Waals surface area contributed by atoms with E-state index in [-0.39, 0.29) is 10.8 Å². The summed E-state index contributed by atoms with van der Waals surface area (Å²) in [5.41, 5.74) is 0.111. The first-order valence-electron chi connectivity index (χ1n) is 8.41. The van der Waals surface area contributed by atoms with Crippen molar-refractivity contribution >= 4 is 11.6 Å². The highest BCUT2D eigenvalue weighted by atomic mass is 16.3. The van der Waals surface area contributed by atoms with Crippen LogP contribution in [0.3, 0.4) is 0 Å². The zero-order chi connectivity index (χ0) is 17.7. The van der Waals surface area contributed by atoms with Crippen LogP contribution in [0.15, 0.2) is 12.1 Å². The summed E-state index contributed by atoms with van der Waals surface area (Å²) < 4.78 is 0. The maximum absolute atomic E-state index is 10.2. The number of hydrogen-bond donors (Lipinski definition) is 2. The smallest absolute Gasteiger partial charge is 0.149 e. The summed E-state index contributed by atoms with van der Waals surface area (Å²) >= 11 is 0. The lowest BCUT2D eigenvalue weighted by Gasteiger charge is -2.24. The Bertz CT molecular complexity index is 680. The molecule has 2 aliphatic rings. The second-order valence-corrected chi connectivity index (χ2v) is 8.42. The summed E-state index contributed by atoms with van der Waals surface area (Å²) in [6.07, 6.45) is -0.840. The van der Waals surface area contributed by atoms with Crippen molar-refractivity contribution < 1.29 is 10.2 Å². The van der Waals surface area contributed by atoms with Crippen LogP contribution in [-0.2, 0) is 0 Å². The van der Waals surface area contributed by atoms with E-state index >= 15 is 0 Å². The van der Waals surface area contributed by atoms with E-state index in [1.807, 2.05) is 38.7 Å². The van der Waals surface area contributed by atoms with Crippen LogP contribution in [0, 0.1) is 22.2 Å². The number of rotatable bonds is 2. The molecule has 0 radical (unpaired) electrons. The van der Waals surface area contributed by atoms with E-state index in [4.69, 9.17) is 4.98 Å². The standard InChI is InChI=1S/C18H26N4O2/c1-17(2)10-21(8-13(17)23)15-6-5-12(7-19)16(20-15)22-9-14(24)18(3,4)11-22/h5-6,13-14,23-24H,8-11H2,1-4H3. The molecule has 1 aromatic heterocycles. The van der Waals surface area contributed by atoms with Gasteiger partial charge in [-0.1, -0.05) is 27.7 Å². The van der Waals surface area contributed by atoms with Crippen LogP contribution in [0.2, 0.25) is 0 Å². The number of anilines is 2. The Kier molecular flexibility index (Phi) is 3.97. The highest BCUT2D eigenvalue weighted by molar-refractivity contribution is 5.60. The van der Waals surface area contributed by atoms with Gasteiger partial charge < -0.3 is 20.0 Å². The third-order valence-electron chi connectivity index (χ3n) is 5.39. The van der Waals surface area contributed by atoms with Crippen LogP contribution >= 0.6 is 0 Å². The van der Waals surface area contributed by atoms with Crippen molar-refractivity contribution in [1.82, 2.24) is 4.98 Å². The van der Waals surface area contributed by atoms with Crippen LogP contribution in [0.25, 0.3) is 0 Å². The van der Waals surface area contributed by atoms with Gasteiger partial charge in [0, 0.05) is 37.0 Å². The molecule has 2 saturated heterocycles. The minimum Gasteiger partial charge on any atom is -0.391 e. The third-order valence-corrected chi connectivity index (χ3v) is 5.39. The minimum absolute atomic E-state index is 0.179. The van der Waals surface area contributed by atoms with Crippen molar-refractivity contribution in [3.8, 4) is 6.07 Å². The summed E-state index contributed by atoms with van der Waals surface area (Å²) in [4.78, 5) is 8.77. The maximum atomic E-state index is 10.2. The normalized spacial score (nSPS) is 28.2. The van der Waals surface area contributed by atoms with Gasteiger partial charge in [-0.15, -0.1) is 0 Å². The molecule has 2 fully saturated rings. The quantitative estimate of drug-likeness (QED) is 0.852. The molecule has 2 N–H and O–H groups in total. The number of aromatic nitrogens is 1. The van der Waals surface area contributed by atoms with Gasteiger partial charge in [0.1, 0.15) is 17.7 Å². The molecule has 6 nitrogen and oxygen atoms in total. The summed E-state index contributed by atoms with van der Waals surface area (Å²) in [6.45, 7) is 10.5. The molecule has 6 heteroatoms. The van der Waals surface area contributed by atoms with Crippen molar-refractivity contribution in [2.24, 2.45) is 10.8 Å². The molecule has 3 rings (SSSR count). The molecule has 130 valence electrons. The first-order valence-corrected chi connectivity index (χ1v) is 8.41. The summed E-state index contributed by atoms with van der Waals surface area (Å²) in [7, 11) is 0. The second kappa shape index (κ2) is 5.61. The molecule has 0 aliphatic carbocycles. The van der Waals surface area contributed by atoms with Crippen LogP contribution in [0.5, 0.6) is 0 Å². The van der Waals surface area contributed by atoms with E-state index in [1.165, 1.54) is 0 Å². The number of β-amino-alcohol motifs (C(OH)–C–C–N with tert-alkyl or cyclic N) is 2. The lowest BCUT2D eigenvalue weighted by molar-refractivity contribution is 0.0963. The molecule has 2 unspecified atom stereocenters. The molecular weight excluding hydrogens is 304 g/mol. The third kappa shape index (κ3) is 2.83. The molecular formula is C18H26N4O2. The molecule has 2 atom stereocenters.